The Morgan fingerprint density at radius 2 is 1.76 bits per heavy atom. The highest BCUT2D eigenvalue weighted by atomic mass is 16.6. The fourth-order valence-electron chi connectivity index (χ4n) is 4.33. The number of non-ortho nitro benzene ring substituents is 1. The minimum absolute atomic E-state index is 0.0677. The second-order valence-electron chi connectivity index (χ2n) is 8.48. The molecule has 2 aromatic carbocycles. The maximum atomic E-state index is 13.7. The number of ether oxygens (including phenoxy) is 3. The van der Waals surface area contributed by atoms with Crippen LogP contribution in [0.25, 0.3) is 16.9 Å². The smallest absolute Gasteiger partial charge is 0.309 e. The van der Waals surface area contributed by atoms with E-state index in [1.165, 1.54) is 23.9 Å². The van der Waals surface area contributed by atoms with Crippen molar-refractivity contribution in [3.8, 4) is 28.4 Å². The number of nitro groups is 1. The number of carbonyl (C=O) groups excluding carboxylic acids is 2. The number of hydrogen-bond donors (Lipinski definition) is 0. The number of piperidine rings is 1. The summed E-state index contributed by atoms with van der Waals surface area (Å²) in [5.41, 5.74) is 1.86. The minimum atomic E-state index is -0.486. The van der Waals surface area contributed by atoms with Crippen LogP contribution in [0.5, 0.6) is 11.5 Å². The van der Waals surface area contributed by atoms with Crippen molar-refractivity contribution in [2.45, 2.75) is 19.8 Å². The van der Waals surface area contributed by atoms with E-state index in [1.54, 1.807) is 55.3 Å². The highest BCUT2D eigenvalue weighted by Gasteiger charge is 2.31. The van der Waals surface area contributed by atoms with Crippen LogP contribution in [0, 0.1) is 16.0 Å². The van der Waals surface area contributed by atoms with Crippen molar-refractivity contribution in [3.63, 3.8) is 0 Å². The molecule has 0 bridgehead atoms. The van der Waals surface area contributed by atoms with Gasteiger partial charge in [-0.3, -0.25) is 19.7 Å². The van der Waals surface area contributed by atoms with Crippen molar-refractivity contribution < 1.29 is 28.7 Å². The number of benzene rings is 2. The van der Waals surface area contributed by atoms with Gasteiger partial charge in [-0.05, 0) is 50.1 Å². The Hall–Kier alpha value is -4.41. The first kappa shape index (κ1) is 25.7. The largest absolute Gasteiger partial charge is 0.497 e. The molecular weight excluding hydrogens is 480 g/mol. The maximum absolute atomic E-state index is 13.7. The van der Waals surface area contributed by atoms with E-state index >= 15 is 0 Å². The molecule has 11 heteroatoms. The molecule has 1 saturated heterocycles. The van der Waals surface area contributed by atoms with Crippen LogP contribution in [0.15, 0.2) is 48.5 Å². The Labute approximate surface area is 213 Å². The second kappa shape index (κ2) is 11.1. The van der Waals surface area contributed by atoms with E-state index in [9.17, 15) is 19.7 Å². The van der Waals surface area contributed by atoms with Crippen LogP contribution in [-0.4, -0.2) is 65.4 Å². The summed E-state index contributed by atoms with van der Waals surface area (Å²) >= 11 is 0. The normalized spacial score (nSPS) is 13.8. The van der Waals surface area contributed by atoms with Gasteiger partial charge in [-0.25, -0.2) is 4.68 Å². The third-order valence-electron chi connectivity index (χ3n) is 6.32. The number of amides is 1. The van der Waals surface area contributed by atoms with Gasteiger partial charge in [0.1, 0.15) is 17.2 Å². The lowest BCUT2D eigenvalue weighted by molar-refractivity contribution is -0.384. The number of carbonyl (C=O) groups is 2. The molecule has 4 rings (SSSR count). The molecule has 37 heavy (non-hydrogen) atoms. The van der Waals surface area contributed by atoms with Gasteiger partial charge in [0.25, 0.3) is 11.6 Å². The molecule has 2 heterocycles. The summed E-state index contributed by atoms with van der Waals surface area (Å²) in [4.78, 5) is 38.1. The summed E-state index contributed by atoms with van der Waals surface area (Å²) in [6.45, 7) is 2.89. The van der Waals surface area contributed by atoms with Crippen LogP contribution in [-0.2, 0) is 9.53 Å². The van der Waals surface area contributed by atoms with Gasteiger partial charge in [0.05, 0.1) is 43.0 Å². The van der Waals surface area contributed by atoms with Crippen LogP contribution >= 0.6 is 0 Å². The first-order chi connectivity index (χ1) is 17.9. The van der Waals surface area contributed by atoms with Crippen molar-refractivity contribution in [1.82, 2.24) is 14.7 Å². The van der Waals surface area contributed by atoms with Crippen LogP contribution in [0.1, 0.15) is 30.3 Å². The lowest BCUT2D eigenvalue weighted by Crippen LogP contribution is -2.41. The number of likely N-dealkylation sites (tertiary alicyclic amines) is 1. The molecule has 0 aliphatic carbocycles. The Morgan fingerprint density at radius 3 is 2.35 bits per heavy atom. The average Bonchev–Trinajstić information content (AvgIpc) is 3.37. The first-order valence-corrected chi connectivity index (χ1v) is 11.9. The van der Waals surface area contributed by atoms with Gasteiger partial charge < -0.3 is 19.1 Å². The molecule has 1 fully saturated rings. The SMILES string of the molecule is CCOC(=O)C1CCN(C(=O)c2cc(-c3ccc(OC)cc3OC)nn2-c2ccc([N+](=O)[O-])cc2)CC1. The van der Waals surface area contributed by atoms with Gasteiger partial charge >= 0.3 is 5.97 Å². The zero-order valence-corrected chi connectivity index (χ0v) is 20.9. The zero-order chi connectivity index (χ0) is 26.5. The molecule has 1 aliphatic rings. The summed E-state index contributed by atoms with van der Waals surface area (Å²) in [6.07, 6.45) is 1.02. The summed E-state index contributed by atoms with van der Waals surface area (Å²) in [5.74, 6) is 0.395. The number of hydrogen-bond acceptors (Lipinski definition) is 8. The highest BCUT2D eigenvalue weighted by Crippen LogP contribution is 2.34. The molecule has 0 saturated carbocycles. The predicted octanol–water partition coefficient (Wildman–Crippen LogP) is 3.88. The quantitative estimate of drug-likeness (QED) is 0.255. The molecular formula is C26H28N4O7. The monoisotopic (exact) mass is 508 g/mol. The van der Waals surface area contributed by atoms with Crippen LogP contribution < -0.4 is 9.47 Å². The highest BCUT2D eigenvalue weighted by molar-refractivity contribution is 5.95. The van der Waals surface area contributed by atoms with Gasteiger partial charge in [-0.1, -0.05) is 0 Å². The van der Waals surface area contributed by atoms with Crippen LogP contribution in [0.3, 0.4) is 0 Å². The Morgan fingerprint density at radius 1 is 1.05 bits per heavy atom. The van der Waals surface area contributed by atoms with Gasteiger partial charge in [0.2, 0.25) is 0 Å². The Kier molecular flexibility index (Phi) is 7.71. The molecule has 0 spiro atoms. The molecule has 0 atom stereocenters. The maximum Gasteiger partial charge on any atom is 0.309 e. The van der Waals surface area contributed by atoms with Crippen molar-refractivity contribution >= 4 is 17.6 Å². The number of aromatic nitrogens is 2. The molecule has 1 aliphatic heterocycles. The van der Waals surface area contributed by atoms with Crippen LogP contribution in [0.4, 0.5) is 5.69 Å². The fourth-order valence-corrected chi connectivity index (χ4v) is 4.33. The molecule has 3 aromatic rings. The lowest BCUT2D eigenvalue weighted by Gasteiger charge is -2.30. The number of nitrogens with zero attached hydrogens (tertiary/aromatic N) is 4. The second-order valence-corrected chi connectivity index (χ2v) is 8.48. The van der Waals surface area contributed by atoms with E-state index < -0.39 is 4.92 Å². The van der Waals surface area contributed by atoms with Gasteiger partial charge in [0, 0.05) is 36.9 Å². The number of nitro benzene ring substituents is 1. The summed E-state index contributed by atoms with van der Waals surface area (Å²) < 4.78 is 17.4. The zero-order valence-electron chi connectivity index (χ0n) is 20.9. The predicted molar refractivity (Wildman–Crippen MR) is 134 cm³/mol. The van der Waals surface area contributed by atoms with E-state index in [2.05, 4.69) is 5.10 Å². The Balaban J connectivity index is 1.70. The van der Waals surface area contributed by atoms with E-state index in [-0.39, 0.29) is 29.2 Å². The number of esters is 1. The van der Waals surface area contributed by atoms with Crippen molar-refractivity contribution in [2.24, 2.45) is 5.92 Å². The Bertz CT molecular complexity index is 1290. The molecule has 0 N–H and O–H groups in total. The van der Waals surface area contributed by atoms with Crippen molar-refractivity contribution in [3.05, 3.63) is 64.3 Å². The van der Waals surface area contributed by atoms with Gasteiger partial charge in [-0.2, -0.15) is 5.10 Å². The number of rotatable bonds is 8. The molecule has 1 aromatic heterocycles. The molecule has 0 unspecified atom stereocenters. The third-order valence-corrected chi connectivity index (χ3v) is 6.32. The molecule has 1 amide bonds. The average molecular weight is 509 g/mol. The van der Waals surface area contributed by atoms with E-state index in [1.807, 2.05) is 0 Å². The minimum Gasteiger partial charge on any atom is -0.497 e. The van der Waals surface area contributed by atoms with E-state index in [4.69, 9.17) is 14.2 Å². The lowest BCUT2D eigenvalue weighted by atomic mass is 9.97. The van der Waals surface area contributed by atoms with E-state index in [0.29, 0.717) is 61.0 Å². The van der Waals surface area contributed by atoms with Gasteiger partial charge in [-0.15, -0.1) is 0 Å². The van der Waals surface area contributed by atoms with Gasteiger partial charge in [0.15, 0.2) is 0 Å². The summed E-state index contributed by atoms with van der Waals surface area (Å²) in [6, 6.07) is 12.8. The standard InChI is InChI=1S/C26H28N4O7/c1-4-37-26(32)17-11-13-28(14-12-17)25(31)23-16-22(21-10-9-20(35-2)15-24(21)36-3)27-29(23)18-5-7-19(8-6-18)30(33)34/h5-10,15-17H,4,11-14H2,1-3H3. The topological polar surface area (TPSA) is 126 Å². The number of methoxy groups -OCH3 is 2. The van der Waals surface area contributed by atoms with Crippen molar-refractivity contribution in [1.29, 1.82) is 0 Å². The molecule has 11 nitrogen and oxygen atoms in total. The van der Waals surface area contributed by atoms with E-state index in [0.717, 1.165) is 0 Å². The fraction of sp³-hybridized carbons (Fsp3) is 0.346. The molecule has 0 radical (unpaired) electrons. The third kappa shape index (κ3) is 5.40. The first-order valence-electron chi connectivity index (χ1n) is 11.9. The van der Waals surface area contributed by atoms with Crippen LogP contribution in [0.2, 0.25) is 0 Å². The summed E-state index contributed by atoms with van der Waals surface area (Å²) in [7, 11) is 3.09. The molecule has 194 valence electrons. The van der Waals surface area contributed by atoms with Crippen molar-refractivity contribution in [2.75, 3.05) is 33.9 Å². The summed E-state index contributed by atoms with van der Waals surface area (Å²) in [5, 5.41) is 15.8.